The van der Waals surface area contributed by atoms with E-state index in [1.807, 2.05) is 0 Å². The van der Waals surface area contributed by atoms with Crippen LogP contribution in [0.3, 0.4) is 0 Å². The average Bonchev–Trinajstić information content (AvgIpc) is 2.52. The Morgan fingerprint density at radius 3 is 3.27 bits per heavy atom. The van der Waals surface area contributed by atoms with Gasteiger partial charge in [-0.1, -0.05) is 6.08 Å². The highest BCUT2D eigenvalue weighted by atomic mass is 32.2. The van der Waals surface area contributed by atoms with E-state index in [-0.39, 0.29) is 11.9 Å². The summed E-state index contributed by atoms with van der Waals surface area (Å²) in [6, 6.07) is -0.0000463. The molecule has 4 heteroatoms. The molecule has 3 nitrogen and oxygen atoms in total. The van der Waals surface area contributed by atoms with Crippen molar-refractivity contribution in [3.05, 3.63) is 12.7 Å². The van der Waals surface area contributed by atoms with Gasteiger partial charge in [-0.05, 0) is 0 Å². The normalized spacial score (nSPS) is 23.1. The highest BCUT2D eigenvalue weighted by Gasteiger charge is 2.21. The van der Waals surface area contributed by atoms with Crippen LogP contribution in [-0.2, 0) is 4.79 Å². The number of hydrogen-bond donors (Lipinski definition) is 2. The van der Waals surface area contributed by atoms with Crippen LogP contribution in [-0.4, -0.2) is 30.1 Å². The van der Waals surface area contributed by atoms with Crippen molar-refractivity contribution in [3.63, 3.8) is 0 Å². The molecule has 1 aliphatic rings. The van der Waals surface area contributed by atoms with E-state index in [0.717, 1.165) is 11.6 Å². The lowest BCUT2D eigenvalue weighted by Crippen LogP contribution is -2.41. The van der Waals surface area contributed by atoms with Crippen LogP contribution in [0.1, 0.15) is 0 Å². The van der Waals surface area contributed by atoms with Crippen molar-refractivity contribution in [2.45, 2.75) is 6.04 Å². The standard InChI is InChI=1S/C7H12N2OS/c1-2-3-8-7(10)6-4-11-5-9-6/h2,6,9H,1,3-5H2,(H,8,10). The summed E-state index contributed by atoms with van der Waals surface area (Å²) >= 11 is 1.75. The summed E-state index contributed by atoms with van der Waals surface area (Å²) in [7, 11) is 0. The van der Waals surface area contributed by atoms with Crippen molar-refractivity contribution in [2.75, 3.05) is 18.2 Å². The van der Waals surface area contributed by atoms with E-state index in [1.165, 1.54) is 0 Å². The first kappa shape index (κ1) is 8.62. The number of carbonyl (C=O) groups is 1. The van der Waals surface area contributed by atoms with Crippen LogP contribution in [0.5, 0.6) is 0 Å². The van der Waals surface area contributed by atoms with Gasteiger partial charge in [0.25, 0.3) is 0 Å². The van der Waals surface area contributed by atoms with Crippen LogP contribution in [0.4, 0.5) is 0 Å². The number of rotatable bonds is 3. The maximum absolute atomic E-state index is 11.2. The first-order valence-corrected chi connectivity index (χ1v) is 4.70. The average molecular weight is 172 g/mol. The van der Waals surface area contributed by atoms with Gasteiger partial charge in [-0.25, -0.2) is 0 Å². The summed E-state index contributed by atoms with van der Waals surface area (Å²) in [6.45, 7) is 4.08. The highest BCUT2D eigenvalue weighted by molar-refractivity contribution is 7.99. The molecule has 11 heavy (non-hydrogen) atoms. The number of carbonyl (C=O) groups excluding carboxylic acids is 1. The van der Waals surface area contributed by atoms with Gasteiger partial charge in [0.15, 0.2) is 0 Å². The molecule has 1 rings (SSSR count). The van der Waals surface area contributed by atoms with E-state index in [1.54, 1.807) is 17.8 Å². The SMILES string of the molecule is C=CCNC(=O)C1CSCN1. The molecule has 0 aromatic carbocycles. The second-order valence-corrected chi connectivity index (χ2v) is 3.34. The summed E-state index contributed by atoms with van der Waals surface area (Å²) in [5, 5.41) is 5.82. The minimum atomic E-state index is -0.0000463. The lowest BCUT2D eigenvalue weighted by molar-refractivity contribution is -0.122. The van der Waals surface area contributed by atoms with Crippen LogP contribution in [0, 0.1) is 0 Å². The fourth-order valence-corrected chi connectivity index (χ4v) is 1.80. The zero-order valence-electron chi connectivity index (χ0n) is 6.30. The van der Waals surface area contributed by atoms with Crippen molar-refractivity contribution in [1.29, 1.82) is 0 Å². The van der Waals surface area contributed by atoms with E-state index < -0.39 is 0 Å². The Kier molecular flexibility index (Phi) is 3.45. The summed E-state index contributed by atoms with van der Waals surface area (Å²) < 4.78 is 0. The monoisotopic (exact) mass is 172 g/mol. The van der Waals surface area contributed by atoms with Crippen molar-refractivity contribution in [1.82, 2.24) is 10.6 Å². The van der Waals surface area contributed by atoms with Gasteiger partial charge >= 0.3 is 0 Å². The molecule has 1 fully saturated rings. The fraction of sp³-hybridized carbons (Fsp3) is 0.571. The molecule has 1 aliphatic heterocycles. The Balaban J connectivity index is 2.22. The quantitative estimate of drug-likeness (QED) is 0.586. The summed E-state index contributed by atoms with van der Waals surface area (Å²) in [6.07, 6.45) is 1.68. The second-order valence-electron chi connectivity index (χ2n) is 2.31. The zero-order valence-corrected chi connectivity index (χ0v) is 7.12. The van der Waals surface area contributed by atoms with Crippen molar-refractivity contribution in [2.24, 2.45) is 0 Å². The summed E-state index contributed by atoms with van der Waals surface area (Å²) in [5.74, 6) is 1.84. The first-order chi connectivity index (χ1) is 5.34. The molecule has 1 heterocycles. The molecule has 1 saturated heterocycles. The zero-order chi connectivity index (χ0) is 8.10. The van der Waals surface area contributed by atoms with E-state index in [9.17, 15) is 4.79 Å². The minimum absolute atomic E-state index is 0.0000463. The molecule has 1 amide bonds. The molecular weight excluding hydrogens is 160 g/mol. The molecule has 0 saturated carbocycles. The molecular formula is C7H12N2OS. The molecule has 0 aromatic rings. The smallest absolute Gasteiger partial charge is 0.238 e. The van der Waals surface area contributed by atoms with Crippen LogP contribution in [0.25, 0.3) is 0 Å². The van der Waals surface area contributed by atoms with Gasteiger partial charge in [0.2, 0.25) is 5.91 Å². The van der Waals surface area contributed by atoms with Gasteiger partial charge in [-0.2, -0.15) is 0 Å². The maximum atomic E-state index is 11.2. The Bertz CT molecular complexity index is 155. The molecule has 1 unspecified atom stereocenters. The lowest BCUT2D eigenvalue weighted by Gasteiger charge is -2.07. The third-order valence-electron chi connectivity index (χ3n) is 1.45. The van der Waals surface area contributed by atoms with Crippen molar-refractivity contribution in [3.8, 4) is 0 Å². The first-order valence-electron chi connectivity index (χ1n) is 3.54. The van der Waals surface area contributed by atoms with E-state index in [4.69, 9.17) is 0 Å². The topological polar surface area (TPSA) is 41.1 Å². The molecule has 1 atom stereocenters. The third-order valence-corrected chi connectivity index (χ3v) is 2.39. The highest BCUT2D eigenvalue weighted by Crippen LogP contribution is 2.08. The Morgan fingerprint density at radius 2 is 2.73 bits per heavy atom. The summed E-state index contributed by atoms with van der Waals surface area (Å²) in [4.78, 5) is 11.2. The van der Waals surface area contributed by atoms with Gasteiger partial charge in [0, 0.05) is 18.2 Å². The molecule has 0 aromatic heterocycles. The number of amides is 1. The molecule has 0 spiro atoms. The van der Waals surface area contributed by atoms with Gasteiger partial charge in [0.1, 0.15) is 0 Å². The predicted molar refractivity (Wildman–Crippen MR) is 47.5 cm³/mol. The van der Waals surface area contributed by atoms with Gasteiger partial charge < -0.3 is 5.32 Å². The molecule has 0 radical (unpaired) electrons. The maximum Gasteiger partial charge on any atom is 0.238 e. The largest absolute Gasteiger partial charge is 0.351 e. The van der Waals surface area contributed by atoms with Gasteiger partial charge in [-0.3, -0.25) is 10.1 Å². The third kappa shape index (κ3) is 2.55. The molecule has 0 bridgehead atoms. The van der Waals surface area contributed by atoms with Crippen LogP contribution < -0.4 is 10.6 Å². The summed E-state index contributed by atoms with van der Waals surface area (Å²) in [5.41, 5.74) is 0. The Labute approximate surface area is 70.6 Å². The van der Waals surface area contributed by atoms with Crippen molar-refractivity contribution < 1.29 is 4.79 Å². The lowest BCUT2D eigenvalue weighted by atomic mass is 10.3. The number of hydrogen-bond acceptors (Lipinski definition) is 3. The van der Waals surface area contributed by atoms with E-state index in [0.29, 0.717) is 6.54 Å². The number of thioether (sulfide) groups is 1. The van der Waals surface area contributed by atoms with Crippen LogP contribution in [0.15, 0.2) is 12.7 Å². The minimum Gasteiger partial charge on any atom is -0.351 e. The second kappa shape index (κ2) is 4.41. The van der Waals surface area contributed by atoms with Crippen LogP contribution >= 0.6 is 11.8 Å². The fourth-order valence-electron chi connectivity index (χ4n) is 0.860. The van der Waals surface area contributed by atoms with E-state index in [2.05, 4.69) is 17.2 Å². The van der Waals surface area contributed by atoms with Crippen molar-refractivity contribution >= 4 is 17.7 Å². The van der Waals surface area contributed by atoms with E-state index >= 15 is 0 Å². The molecule has 62 valence electrons. The Hall–Kier alpha value is -0.480. The number of nitrogens with one attached hydrogen (secondary N) is 2. The van der Waals surface area contributed by atoms with Crippen LogP contribution in [0.2, 0.25) is 0 Å². The van der Waals surface area contributed by atoms with Gasteiger partial charge in [0.05, 0.1) is 6.04 Å². The van der Waals surface area contributed by atoms with Gasteiger partial charge in [-0.15, -0.1) is 18.3 Å². The predicted octanol–water partition coefficient (Wildman–Crippen LogP) is -0.0489. The molecule has 0 aliphatic carbocycles. The Morgan fingerprint density at radius 1 is 1.91 bits per heavy atom. The molecule has 2 N–H and O–H groups in total.